The van der Waals surface area contributed by atoms with Crippen molar-refractivity contribution in [1.29, 1.82) is 0 Å². The molecule has 110 valence electrons. The first-order valence-corrected chi connectivity index (χ1v) is 6.55. The Morgan fingerprint density at radius 3 is 2.05 bits per heavy atom. The van der Waals surface area contributed by atoms with E-state index in [1.807, 2.05) is 18.2 Å². The van der Waals surface area contributed by atoms with Gasteiger partial charge in [0.15, 0.2) is 0 Å². The van der Waals surface area contributed by atoms with Crippen LogP contribution in [0.15, 0.2) is 48.5 Å². The lowest BCUT2D eigenvalue weighted by Crippen LogP contribution is -2.29. The largest absolute Gasteiger partial charge is 0.497 e. The lowest BCUT2D eigenvalue weighted by atomic mass is 9.80. The van der Waals surface area contributed by atoms with Crippen LogP contribution in [-0.2, 0) is 0 Å². The number of hydrogen-bond donors (Lipinski definition) is 2. The summed E-state index contributed by atoms with van der Waals surface area (Å²) in [5.74, 6) is 2.00. The summed E-state index contributed by atoms with van der Waals surface area (Å²) in [4.78, 5) is 0. The molecule has 0 aromatic heterocycles. The molecule has 0 aliphatic carbocycles. The van der Waals surface area contributed by atoms with Crippen LogP contribution in [0.4, 0.5) is 0 Å². The molecule has 2 aromatic carbocycles. The van der Waals surface area contributed by atoms with Crippen molar-refractivity contribution in [3.05, 3.63) is 48.5 Å². The summed E-state index contributed by atoms with van der Waals surface area (Å²) in [6, 6.07) is 14.0. The fourth-order valence-corrected chi connectivity index (χ4v) is 1.77. The molecule has 2 rings (SSSR count). The first kappa shape index (κ1) is 15.2. The SMILES string of the molecule is COc1cccc(OCCOc2cccc(B(O)O)c2)c1. The van der Waals surface area contributed by atoms with Crippen molar-refractivity contribution in [3.8, 4) is 17.2 Å². The van der Waals surface area contributed by atoms with Crippen molar-refractivity contribution in [2.75, 3.05) is 20.3 Å². The summed E-state index contributed by atoms with van der Waals surface area (Å²) < 4.78 is 16.1. The van der Waals surface area contributed by atoms with Crippen LogP contribution >= 0.6 is 0 Å². The van der Waals surface area contributed by atoms with Gasteiger partial charge in [0.1, 0.15) is 30.5 Å². The topological polar surface area (TPSA) is 68.2 Å². The zero-order chi connectivity index (χ0) is 15.1. The third kappa shape index (κ3) is 4.70. The van der Waals surface area contributed by atoms with Gasteiger partial charge in [0.2, 0.25) is 0 Å². The van der Waals surface area contributed by atoms with Crippen molar-refractivity contribution in [1.82, 2.24) is 0 Å². The summed E-state index contributed by atoms with van der Waals surface area (Å²) in [5.41, 5.74) is 0.390. The van der Waals surface area contributed by atoms with Gasteiger partial charge >= 0.3 is 7.12 Å². The minimum atomic E-state index is -1.50. The van der Waals surface area contributed by atoms with Crippen molar-refractivity contribution < 1.29 is 24.3 Å². The molecule has 0 amide bonds. The molecular formula is C15H17BO5. The second-order valence-electron chi connectivity index (χ2n) is 4.32. The van der Waals surface area contributed by atoms with E-state index in [2.05, 4.69) is 0 Å². The third-order valence-corrected chi connectivity index (χ3v) is 2.82. The molecule has 5 nitrogen and oxygen atoms in total. The van der Waals surface area contributed by atoms with E-state index in [1.54, 1.807) is 37.4 Å². The Kier molecular flexibility index (Phi) is 5.48. The van der Waals surface area contributed by atoms with E-state index in [1.165, 1.54) is 0 Å². The van der Waals surface area contributed by atoms with Gasteiger partial charge in [-0.05, 0) is 29.7 Å². The Morgan fingerprint density at radius 2 is 1.43 bits per heavy atom. The molecule has 2 N–H and O–H groups in total. The van der Waals surface area contributed by atoms with Gasteiger partial charge < -0.3 is 24.3 Å². The second-order valence-corrected chi connectivity index (χ2v) is 4.32. The Labute approximate surface area is 123 Å². The molecular weight excluding hydrogens is 271 g/mol. The molecule has 0 unspecified atom stereocenters. The average Bonchev–Trinajstić information content (AvgIpc) is 2.52. The van der Waals surface area contributed by atoms with Gasteiger partial charge in [0.05, 0.1) is 7.11 Å². The monoisotopic (exact) mass is 288 g/mol. The van der Waals surface area contributed by atoms with Gasteiger partial charge in [-0.1, -0.05) is 18.2 Å². The van der Waals surface area contributed by atoms with Crippen molar-refractivity contribution in [2.45, 2.75) is 0 Å². The predicted molar refractivity (Wildman–Crippen MR) is 80.3 cm³/mol. The summed E-state index contributed by atoms with van der Waals surface area (Å²) >= 11 is 0. The lowest BCUT2D eigenvalue weighted by Gasteiger charge is -2.10. The number of hydrogen-bond acceptors (Lipinski definition) is 5. The first-order chi connectivity index (χ1) is 10.2. The van der Waals surface area contributed by atoms with Gasteiger partial charge in [-0.2, -0.15) is 0 Å². The van der Waals surface area contributed by atoms with Crippen molar-refractivity contribution in [2.24, 2.45) is 0 Å². The Hall–Kier alpha value is -2.18. The molecule has 0 aliphatic rings. The quantitative estimate of drug-likeness (QED) is 0.583. The third-order valence-electron chi connectivity index (χ3n) is 2.82. The van der Waals surface area contributed by atoms with Crippen LogP contribution in [0.2, 0.25) is 0 Å². The van der Waals surface area contributed by atoms with Gasteiger partial charge in [0, 0.05) is 6.07 Å². The molecule has 0 spiro atoms. The maximum atomic E-state index is 9.08. The van der Waals surface area contributed by atoms with Crippen LogP contribution in [0, 0.1) is 0 Å². The Bertz CT molecular complexity index is 573. The molecule has 0 saturated carbocycles. The molecule has 0 atom stereocenters. The van der Waals surface area contributed by atoms with E-state index in [-0.39, 0.29) is 0 Å². The van der Waals surface area contributed by atoms with E-state index in [0.29, 0.717) is 30.2 Å². The molecule has 0 radical (unpaired) electrons. The van der Waals surface area contributed by atoms with Crippen molar-refractivity contribution in [3.63, 3.8) is 0 Å². The normalized spacial score (nSPS) is 10.0. The second kappa shape index (κ2) is 7.57. The van der Waals surface area contributed by atoms with Crippen LogP contribution < -0.4 is 19.7 Å². The minimum absolute atomic E-state index is 0.349. The van der Waals surface area contributed by atoms with Crippen molar-refractivity contribution >= 4 is 12.6 Å². The molecule has 0 aliphatic heterocycles. The first-order valence-electron chi connectivity index (χ1n) is 6.55. The Balaban J connectivity index is 1.80. The molecule has 0 heterocycles. The summed E-state index contributed by atoms with van der Waals surface area (Å²) in [6.45, 7) is 0.723. The van der Waals surface area contributed by atoms with Gasteiger partial charge in [0.25, 0.3) is 0 Å². The van der Waals surface area contributed by atoms with Gasteiger partial charge in [-0.25, -0.2) is 0 Å². The summed E-state index contributed by atoms with van der Waals surface area (Å²) in [6.07, 6.45) is 0. The minimum Gasteiger partial charge on any atom is -0.497 e. The van der Waals surface area contributed by atoms with Gasteiger partial charge in [-0.3, -0.25) is 0 Å². The average molecular weight is 288 g/mol. The predicted octanol–water partition coefficient (Wildman–Crippen LogP) is 0.833. The molecule has 6 heteroatoms. The maximum Gasteiger partial charge on any atom is 0.488 e. The summed E-state index contributed by atoms with van der Waals surface area (Å²) in [5, 5.41) is 18.2. The lowest BCUT2D eigenvalue weighted by molar-refractivity contribution is 0.216. The smallest absolute Gasteiger partial charge is 0.488 e. The highest BCUT2D eigenvalue weighted by molar-refractivity contribution is 6.58. The fourth-order valence-electron chi connectivity index (χ4n) is 1.77. The molecule has 0 fully saturated rings. The number of rotatable bonds is 7. The molecule has 21 heavy (non-hydrogen) atoms. The van der Waals surface area contributed by atoms with E-state index in [0.717, 1.165) is 5.75 Å². The maximum absolute atomic E-state index is 9.08. The number of methoxy groups -OCH3 is 1. The molecule has 2 aromatic rings. The van der Waals surface area contributed by atoms with E-state index in [9.17, 15) is 0 Å². The van der Waals surface area contributed by atoms with Crippen LogP contribution in [0.5, 0.6) is 17.2 Å². The highest BCUT2D eigenvalue weighted by atomic mass is 16.5. The highest BCUT2D eigenvalue weighted by Gasteiger charge is 2.10. The van der Waals surface area contributed by atoms with Crippen LogP contribution in [0.25, 0.3) is 0 Å². The number of benzene rings is 2. The van der Waals surface area contributed by atoms with Crippen LogP contribution in [-0.4, -0.2) is 37.5 Å². The van der Waals surface area contributed by atoms with Crippen LogP contribution in [0.3, 0.4) is 0 Å². The van der Waals surface area contributed by atoms with E-state index < -0.39 is 7.12 Å². The molecule has 0 bridgehead atoms. The Morgan fingerprint density at radius 1 is 0.857 bits per heavy atom. The van der Waals surface area contributed by atoms with Crippen LogP contribution in [0.1, 0.15) is 0 Å². The van der Waals surface area contributed by atoms with E-state index >= 15 is 0 Å². The van der Waals surface area contributed by atoms with Gasteiger partial charge in [-0.15, -0.1) is 0 Å². The standard InChI is InChI=1S/C15H17BO5/c1-19-13-5-3-7-15(11-13)21-9-8-20-14-6-2-4-12(10-14)16(17)18/h2-7,10-11,17-18H,8-9H2,1H3. The molecule has 0 saturated heterocycles. The number of ether oxygens (including phenoxy) is 3. The fraction of sp³-hybridized carbons (Fsp3) is 0.200. The summed E-state index contributed by atoms with van der Waals surface area (Å²) in [7, 11) is 0.103. The van der Waals surface area contributed by atoms with E-state index in [4.69, 9.17) is 24.3 Å². The zero-order valence-electron chi connectivity index (χ0n) is 11.7. The highest BCUT2D eigenvalue weighted by Crippen LogP contribution is 2.18. The zero-order valence-corrected chi connectivity index (χ0v) is 11.7.